The molecular formula is C13H12N2O3. The third kappa shape index (κ3) is 1.95. The number of hydrogen-bond acceptors (Lipinski definition) is 4. The molecule has 2 rings (SSSR count). The zero-order valence-electron chi connectivity index (χ0n) is 10.1. The smallest absolute Gasteiger partial charge is 0.278 e. The van der Waals surface area contributed by atoms with Crippen molar-refractivity contribution in [1.82, 2.24) is 4.98 Å². The number of ketones is 1. The zero-order chi connectivity index (χ0) is 13.3. The minimum atomic E-state index is -0.438. The predicted octanol–water partition coefficient (Wildman–Crippen LogP) is 2.84. The molecule has 0 aliphatic rings. The van der Waals surface area contributed by atoms with E-state index in [9.17, 15) is 14.9 Å². The Labute approximate surface area is 104 Å². The lowest BCUT2D eigenvalue weighted by atomic mass is 9.92. The van der Waals surface area contributed by atoms with Crippen LogP contribution in [0.1, 0.15) is 25.3 Å². The lowest BCUT2D eigenvalue weighted by Crippen LogP contribution is -2.05. The summed E-state index contributed by atoms with van der Waals surface area (Å²) in [5.74, 6) is -0.252. The van der Waals surface area contributed by atoms with Crippen molar-refractivity contribution in [2.75, 3.05) is 0 Å². The number of nitro benzene ring substituents is 1. The van der Waals surface area contributed by atoms with Crippen LogP contribution in [0.25, 0.3) is 10.8 Å². The van der Waals surface area contributed by atoms with Crippen LogP contribution in [0, 0.1) is 10.1 Å². The first-order chi connectivity index (χ1) is 8.52. The molecule has 5 nitrogen and oxygen atoms in total. The van der Waals surface area contributed by atoms with Gasteiger partial charge in [-0.05, 0) is 23.9 Å². The molecule has 92 valence electrons. The first-order valence-electron chi connectivity index (χ1n) is 5.54. The van der Waals surface area contributed by atoms with Gasteiger partial charge in [0.2, 0.25) is 0 Å². The van der Waals surface area contributed by atoms with E-state index >= 15 is 0 Å². The normalized spacial score (nSPS) is 12.3. The number of rotatable bonds is 3. The highest BCUT2D eigenvalue weighted by Gasteiger charge is 2.19. The molecule has 1 heterocycles. The molecule has 1 aromatic heterocycles. The molecule has 18 heavy (non-hydrogen) atoms. The average molecular weight is 244 g/mol. The molecule has 1 atom stereocenters. The molecule has 0 saturated heterocycles. The summed E-state index contributed by atoms with van der Waals surface area (Å²) in [6.45, 7) is 3.31. The number of carbonyl (C=O) groups is 1. The molecule has 0 radical (unpaired) electrons. The van der Waals surface area contributed by atoms with Gasteiger partial charge in [-0.2, -0.15) is 0 Å². The van der Waals surface area contributed by atoms with E-state index < -0.39 is 4.92 Å². The number of carbonyl (C=O) groups excluding carboxylic acids is 1. The van der Waals surface area contributed by atoms with E-state index in [1.165, 1.54) is 19.2 Å². The van der Waals surface area contributed by atoms with Gasteiger partial charge in [-0.25, -0.2) is 0 Å². The number of nitro groups is 1. The fraction of sp³-hybridized carbons (Fsp3) is 0.231. The van der Waals surface area contributed by atoms with Gasteiger partial charge in [-0.1, -0.05) is 13.0 Å². The topological polar surface area (TPSA) is 73.1 Å². The number of aromatic nitrogens is 1. The Balaban J connectivity index is 2.76. The maximum absolute atomic E-state index is 11.5. The molecule has 2 aromatic rings. The molecular weight excluding hydrogens is 232 g/mol. The van der Waals surface area contributed by atoms with Crippen LogP contribution in [0.2, 0.25) is 0 Å². The maximum atomic E-state index is 11.5. The maximum Gasteiger partial charge on any atom is 0.278 e. The van der Waals surface area contributed by atoms with E-state index in [-0.39, 0.29) is 17.4 Å². The zero-order valence-corrected chi connectivity index (χ0v) is 10.1. The summed E-state index contributed by atoms with van der Waals surface area (Å²) >= 11 is 0. The average Bonchev–Trinajstić information content (AvgIpc) is 2.36. The van der Waals surface area contributed by atoms with E-state index in [4.69, 9.17) is 0 Å². The molecule has 0 aliphatic heterocycles. The van der Waals surface area contributed by atoms with Gasteiger partial charge in [0.15, 0.2) is 0 Å². The summed E-state index contributed by atoms with van der Waals surface area (Å²) in [5.41, 5.74) is 0.808. The van der Waals surface area contributed by atoms with Gasteiger partial charge in [0, 0.05) is 24.4 Å². The summed E-state index contributed by atoms with van der Waals surface area (Å²) in [5, 5.41) is 12.1. The van der Waals surface area contributed by atoms with Crippen LogP contribution in [0.4, 0.5) is 5.69 Å². The van der Waals surface area contributed by atoms with E-state index in [0.717, 1.165) is 5.56 Å². The molecule has 0 amide bonds. The van der Waals surface area contributed by atoms with E-state index in [1.54, 1.807) is 25.3 Å². The summed E-state index contributed by atoms with van der Waals surface area (Å²) in [6.07, 6.45) is 3.03. The second kappa shape index (κ2) is 4.52. The Hall–Kier alpha value is -2.30. The number of nitrogens with zero attached hydrogens (tertiary/aromatic N) is 2. The highest BCUT2D eigenvalue weighted by molar-refractivity contribution is 5.96. The fourth-order valence-corrected chi connectivity index (χ4v) is 1.95. The summed E-state index contributed by atoms with van der Waals surface area (Å²) < 4.78 is 0. The molecule has 5 heteroatoms. The minimum Gasteiger partial charge on any atom is -0.299 e. The molecule has 0 saturated carbocycles. The van der Waals surface area contributed by atoms with Crippen LogP contribution in [-0.4, -0.2) is 15.7 Å². The molecule has 0 spiro atoms. The number of Topliss-reactive ketones (excluding diaryl/α,β-unsaturated/α-hetero) is 1. The first kappa shape index (κ1) is 12.2. The van der Waals surface area contributed by atoms with Crippen LogP contribution < -0.4 is 0 Å². The first-order valence-corrected chi connectivity index (χ1v) is 5.54. The predicted molar refractivity (Wildman–Crippen MR) is 67.5 cm³/mol. The Morgan fingerprint density at radius 3 is 2.67 bits per heavy atom. The minimum absolute atomic E-state index is 0.0117. The van der Waals surface area contributed by atoms with Crippen molar-refractivity contribution in [3.63, 3.8) is 0 Å². The van der Waals surface area contributed by atoms with Crippen molar-refractivity contribution >= 4 is 22.2 Å². The highest BCUT2D eigenvalue weighted by atomic mass is 16.6. The number of pyridine rings is 1. The van der Waals surface area contributed by atoms with E-state index in [0.29, 0.717) is 10.8 Å². The van der Waals surface area contributed by atoms with Crippen molar-refractivity contribution < 1.29 is 9.72 Å². The molecule has 0 N–H and O–H groups in total. The second-order valence-corrected chi connectivity index (χ2v) is 4.18. The van der Waals surface area contributed by atoms with E-state index in [2.05, 4.69) is 4.98 Å². The Morgan fingerprint density at radius 2 is 2.06 bits per heavy atom. The SMILES string of the molecule is CC(=O)C(C)c1ccc([N+](=O)[O-])c2cnccc12. The number of benzene rings is 1. The van der Waals surface area contributed by atoms with Crippen LogP contribution in [0.5, 0.6) is 0 Å². The molecule has 0 bridgehead atoms. The quantitative estimate of drug-likeness (QED) is 0.614. The van der Waals surface area contributed by atoms with Gasteiger partial charge in [0.25, 0.3) is 5.69 Å². The van der Waals surface area contributed by atoms with Gasteiger partial charge in [0.1, 0.15) is 5.78 Å². The third-order valence-corrected chi connectivity index (χ3v) is 3.10. The second-order valence-electron chi connectivity index (χ2n) is 4.18. The van der Waals surface area contributed by atoms with Gasteiger partial charge in [0.05, 0.1) is 10.3 Å². The molecule has 0 fully saturated rings. The number of hydrogen-bond donors (Lipinski definition) is 0. The van der Waals surface area contributed by atoms with Crippen LogP contribution >= 0.6 is 0 Å². The Bertz CT molecular complexity index is 637. The third-order valence-electron chi connectivity index (χ3n) is 3.10. The van der Waals surface area contributed by atoms with Crippen molar-refractivity contribution in [2.24, 2.45) is 0 Å². The lowest BCUT2D eigenvalue weighted by molar-refractivity contribution is -0.383. The van der Waals surface area contributed by atoms with E-state index in [1.807, 2.05) is 0 Å². The van der Waals surface area contributed by atoms with Gasteiger partial charge in [-0.15, -0.1) is 0 Å². The molecule has 1 unspecified atom stereocenters. The van der Waals surface area contributed by atoms with Gasteiger partial charge in [-0.3, -0.25) is 19.9 Å². The Morgan fingerprint density at radius 1 is 1.33 bits per heavy atom. The van der Waals surface area contributed by atoms with Crippen molar-refractivity contribution in [1.29, 1.82) is 0 Å². The standard InChI is InChI=1S/C13H12N2O3/c1-8(9(2)16)10-3-4-13(15(17)18)12-7-14-6-5-11(10)12/h3-8H,1-2H3. The van der Waals surface area contributed by atoms with Gasteiger partial charge < -0.3 is 0 Å². The van der Waals surface area contributed by atoms with Crippen LogP contribution in [-0.2, 0) is 4.79 Å². The van der Waals surface area contributed by atoms with Gasteiger partial charge >= 0.3 is 0 Å². The fourth-order valence-electron chi connectivity index (χ4n) is 1.95. The molecule has 0 aliphatic carbocycles. The largest absolute Gasteiger partial charge is 0.299 e. The van der Waals surface area contributed by atoms with Crippen molar-refractivity contribution in [3.05, 3.63) is 46.3 Å². The molecule has 1 aromatic carbocycles. The summed E-state index contributed by atoms with van der Waals surface area (Å²) in [7, 11) is 0. The van der Waals surface area contributed by atoms with Crippen molar-refractivity contribution in [3.8, 4) is 0 Å². The summed E-state index contributed by atoms with van der Waals surface area (Å²) in [6, 6.07) is 4.78. The highest BCUT2D eigenvalue weighted by Crippen LogP contribution is 2.31. The van der Waals surface area contributed by atoms with Crippen LogP contribution in [0.15, 0.2) is 30.6 Å². The monoisotopic (exact) mass is 244 g/mol. The Kier molecular flexibility index (Phi) is 3.06. The van der Waals surface area contributed by atoms with Crippen LogP contribution in [0.3, 0.4) is 0 Å². The summed E-state index contributed by atoms with van der Waals surface area (Å²) in [4.78, 5) is 25.9. The number of fused-ring (bicyclic) bond motifs is 1. The number of non-ortho nitro benzene ring substituents is 1. The van der Waals surface area contributed by atoms with Crippen molar-refractivity contribution in [2.45, 2.75) is 19.8 Å². The lowest BCUT2D eigenvalue weighted by Gasteiger charge is -2.11.